The molecule has 104 valence electrons. The zero-order valence-electron chi connectivity index (χ0n) is 11.9. The van der Waals surface area contributed by atoms with Gasteiger partial charge in [0.2, 0.25) is 0 Å². The Hall–Kier alpha value is -1.62. The lowest BCUT2D eigenvalue weighted by Gasteiger charge is -2.49. The summed E-state index contributed by atoms with van der Waals surface area (Å²) in [5, 5.41) is 0. The third-order valence-corrected chi connectivity index (χ3v) is 4.19. The van der Waals surface area contributed by atoms with E-state index in [2.05, 4.69) is 24.0 Å². The fourth-order valence-corrected chi connectivity index (χ4v) is 2.65. The summed E-state index contributed by atoms with van der Waals surface area (Å²) in [6, 6.07) is 1.68. The molecular weight excluding hydrogens is 240 g/mol. The van der Waals surface area contributed by atoms with Crippen LogP contribution in [0, 0.1) is 0 Å². The fourth-order valence-electron chi connectivity index (χ4n) is 2.65. The lowest BCUT2D eigenvalue weighted by Crippen LogP contribution is -2.57. The first kappa shape index (κ1) is 13.8. The second-order valence-electron chi connectivity index (χ2n) is 5.60. The van der Waals surface area contributed by atoms with Crippen molar-refractivity contribution in [1.82, 2.24) is 14.8 Å². The molecule has 1 heterocycles. The van der Waals surface area contributed by atoms with Crippen molar-refractivity contribution in [3.63, 3.8) is 0 Å². The molecule has 19 heavy (non-hydrogen) atoms. The predicted octanol–water partition coefficient (Wildman–Crippen LogP) is 1.22. The largest absolute Gasteiger partial charge is 0.397 e. The van der Waals surface area contributed by atoms with E-state index in [1.165, 1.54) is 12.6 Å². The van der Waals surface area contributed by atoms with E-state index in [0.29, 0.717) is 11.3 Å². The molecule has 1 aromatic rings. The van der Waals surface area contributed by atoms with Gasteiger partial charge in [0.1, 0.15) is 0 Å². The van der Waals surface area contributed by atoms with Crippen molar-refractivity contribution < 1.29 is 4.79 Å². The van der Waals surface area contributed by atoms with Crippen molar-refractivity contribution in [1.29, 1.82) is 0 Å². The number of hydrogen-bond acceptors (Lipinski definition) is 4. The van der Waals surface area contributed by atoms with E-state index in [0.717, 1.165) is 19.4 Å². The van der Waals surface area contributed by atoms with Crippen molar-refractivity contribution in [2.24, 2.45) is 0 Å². The molecule has 5 nitrogen and oxygen atoms in total. The van der Waals surface area contributed by atoms with Gasteiger partial charge in [-0.25, -0.2) is 0 Å². The van der Waals surface area contributed by atoms with Crippen LogP contribution in [0.5, 0.6) is 0 Å². The fraction of sp³-hybridized carbons (Fsp3) is 0.571. The summed E-state index contributed by atoms with van der Waals surface area (Å²) >= 11 is 0. The summed E-state index contributed by atoms with van der Waals surface area (Å²) in [5.74, 6) is -0.0342. The number of nitrogens with two attached hydrogens (primary N) is 1. The minimum atomic E-state index is -0.0342. The van der Waals surface area contributed by atoms with Gasteiger partial charge in [-0.05, 0) is 39.4 Å². The highest BCUT2D eigenvalue weighted by Gasteiger charge is 2.40. The Kier molecular flexibility index (Phi) is 3.75. The zero-order chi connectivity index (χ0) is 14.0. The Balaban J connectivity index is 2.10. The van der Waals surface area contributed by atoms with Crippen molar-refractivity contribution in [2.45, 2.75) is 24.8 Å². The highest BCUT2D eigenvalue weighted by Crippen LogP contribution is 2.36. The van der Waals surface area contributed by atoms with Gasteiger partial charge in [-0.15, -0.1) is 0 Å². The number of pyridine rings is 1. The second-order valence-corrected chi connectivity index (χ2v) is 5.60. The molecule has 5 heteroatoms. The van der Waals surface area contributed by atoms with E-state index in [-0.39, 0.29) is 11.4 Å². The van der Waals surface area contributed by atoms with Crippen LogP contribution in [0.1, 0.15) is 29.6 Å². The normalized spacial score (nSPS) is 17.1. The van der Waals surface area contributed by atoms with Gasteiger partial charge in [0.15, 0.2) is 0 Å². The average Bonchev–Trinajstić information content (AvgIpc) is 2.32. The van der Waals surface area contributed by atoms with Gasteiger partial charge in [-0.1, -0.05) is 0 Å². The Morgan fingerprint density at radius 3 is 2.58 bits per heavy atom. The second kappa shape index (κ2) is 5.17. The molecule has 0 bridgehead atoms. The van der Waals surface area contributed by atoms with Crippen LogP contribution >= 0.6 is 0 Å². The predicted molar refractivity (Wildman–Crippen MR) is 75.9 cm³/mol. The highest BCUT2D eigenvalue weighted by atomic mass is 16.2. The van der Waals surface area contributed by atoms with Crippen LogP contribution in [0.3, 0.4) is 0 Å². The number of nitrogens with zero attached hydrogens (tertiary/aromatic N) is 3. The summed E-state index contributed by atoms with van der Waals surface area (Å²) in [4.78, 5) is 20.3. The van der Waals surface area contributed by atoms with Crippen molar-refractivity contribution in [2.75, 3.05) is 33.4 Å². The minimum Gasteiger partial charge on any atom is -0.397 e. The lowest BCUT2D eigenvalue weighted by atomic mass is 9.75. The molecule has 2 rings (SSSR count). The molecule has 0 aliphatic heterocycles. The Labute approximate surface area is 114 Å². The number of carbonyl (C=O) groups excluding carboxylic acids is 1. The van der Waals surface area contributed by atoms with Crippen LogP contribution in [-0.4, -0.2) is 53.9 Å². The molecule has 1 saturated carbocycles. The van der Waals surface area contributed by atoms with Gasteiger partial charge in [0.25, 0.3) is 5.91 Å². The molecule has 1 amide bonds. The molecule has 2 N–H and O–H groups in total. The molecule has 1 aliphatic rings. The average molecular weight is 262 g/mol. The molecule has 0 saturated heterocycles. The van der Waals surface area contributed by atoms with Gasteiger partial charge in [-0.3, -0.25) is 9.78 Å². The quantitative estimate of drug-likeness (QED) is 0.886. The zero-order valence-corrected chi connectivity index (χ0v) is 11.9. The van der Waals surface area contributed by atoms with E-state index in [1.807, 2.05) is 7.05 Å². The molecule has 0 aromatic carbocycles. The van der Waals surface area contributed by atoms with E-state index < -0.39 is 0 Å². The van der Waals surface area contributed by atoms with E-state index >= 15 is 0 Å². The number of nitrogen functional groups attached to an aromatic ring is 1. The number of carbonyl (C=O) groups is 1. The van der Waals surface area contributed by atoms with Crippen LogP contribution in [0.15, 0.2) is 18.5 Å². The molecular formula is C14H22N4O. The number of aromatic nitrogens is 1. The Morgan fingerprint density at radius 2 is 2.11 bits per heavy atom. The van der Waals surface area contributed by atoms with E-state index in [1.54, 1.807) is 17.2 Å². The maximum absolute atomic E-state index is 12.4. The van der Waals surface area contributed by atoms with Gasteiger partial charge in [-0.2, -0.15) is 0 Å². The maximum Gasteiger partial charge on any atom is 0.255 e. The molecule has 1 aliphatic carbocycles. The van der Waals surface area contributed by atoms with Gasteiger partial charge in [0.05, 0.1) is 17.4 Å². The number of likely N-dealkylation sites (N-methyl/N-ethyl adjacent to an activating group) is 2. The standard InChI is InChI=1S/C14H22N4O/c1-17(2)14(6-4-7-14)10-18(3)13(19)11-5-8-16-9-12(11)15/h5,8-9H,4,6-7,10,15H2,1-3H3. The van der Waals surface area contributed by atoms with Gasteiger partial charge in [0, 0.05) is 25.3 Å². The molecule has 0 unspecified atom stereocenters. The molecule has 1 fully saturated rings. The topological polar surface area (TPSA) is 62.5 Å². The number of rotatable bonds is 4. The summed E-state index contributed by atoms with van der Waals surface area (Å²) in [6.45, 7) is 0.737. The van der Waals surface area contributed by atoms with Crippen LogP contribution < -0.4 is 5.73 Å². The number of anilines is 1. The molecule has 1 aromatic heterocycles. The van der Waals surface area contributed by atoms with E-state index in [9.17, 15) is 4.79 Å². The van der Waals surface area contributed by atoms with Crippen molar-refractivity contribution in [3.05, 3.63) is 24.0 Å². The third-order valence-electron chi connectivity index (χ3n) is 4.19. The van der Waals surface area contributed by atoms with Crippen LogP contribution in [0.2, 0.25) is 0 Å². The van der Waals surface area contributed by atoms with E-state index in [4.69, 9.17) is 5.73 Å². The summed E-state index contributed by atoms with van der Waals surface area (Å²) < 4.78 is 0. The van der Waals surface area contributed by atoms with Crippen LogP contribution in [-0.2, 0) is 0 Å². The SMILES string of the molecule is CN(CC1(N(C)C)CCC1)C(=O)c1ccncc1N. The maximum atomic E-state index is 12.4. The van der Waals surface area contributed by atoms with Crippen molar-refractivity contribution in [3.8, 4) is 0 Å². The van der Waals surface area contributed by atoms with Crippen LogP contribution in [0.25, 0.3) is 0 Å². The van der Waals surface area contributed by atoms with Crippen molar-refractivity contribution >= 4 is 11.6 Å². The Bertz CT molecular complexity index is 468. The summed E-state index contributed by atoms with van der Waals surface area (Å²) in [5.41, 5.74) is 6.91. The first-order valence-electron chi connectivity index (χ1n) is 6.59. The molecule has 0 spiro atoms. The van der Waals surface area contributed by atoms with Gasteiger partial charge < -0.3 is 15.5 Å². The number of amides is 1. The smallest absolute Gasteiger partial charge is 0.255 e. The molecule has 0 radical (unpaired) electrons. The lowest BCUT2D eigenvalue weighted by molar-refractivity contribution is 0.0253. The first-order valence-corrected chi connectivity index (χ1v) is 6.59. The summed E-state index contributed by atoms with van der Waals surface area (Å²) in [6.07, 6.45) is 6.64. The Morgan fingerprint density at radius 1 is 1.42 bits per heavy atom. The van der Waals surface area contributed by atoms with Crippen LogP contribution in [0.4, 0.5) is 5.69 Å². The number of hydrogen-bond donors (Lipinski definition) is 1. The van der Waals surface area contributed by atoms with Gasteiger partial charge >= 0.3 is 0 Å². The monoisotopic (exact) mass is 262 g/mol. The summed E-state index contributed by atoms with van der Waals surface area (Å²) in [7, 11) is 6.00. The highest BCUT2D eigenvalue weighted by molar-refractivity contribution is 5.98. The molecule has 0 atom stereocenters. The first-order chi connectivity index (χ1) is 8.96. The minimum absolute atomic E-state index is 0.0342. The third kappa shape index (κ3) is 2.56.